The van der Waals surface area contributed by atoms with Crippen LogP contribution in [0.25, 0.3) is 0 Å². The highest BCUT2D eigenvalue weighted by Crippen LogP contribution is 2.01. The summed E-state index contributed by atoms with van der Waals surface area (Å²) in [5, 5.41) is 0. The van der Waals surface area contributed by atoms with Crippen LogP contribution in [-0.4, -0.2) is 13.7 Å². The Kier molecular flexibility index (Phi) is 7.52. The molecule has 0 spiro atoms. The van der Waals surface area contributed by atoms with Gasteiger partial charge in [-0.3, -0.25) is 0 Å². The smallest absolute Gasteiger partial charge is 0.247 e. The zero-order valence-corrected chi connectivity index (χ0v) is 15.2. The summed E-state index contributed by atoms with van der Waals surface area (Å²) in [5.74, 6) is 0.780. The van der Waals surface area contributed by atoms with E-state index >= 15 is 0 Å². The van der Waals surface area contributed by atoms with Crippen molar-refractivity contribution < 1.29 is 0 Å². The van der Waals surface area contributed by atoms with Gasteiger partial charge < -0.3 is 0 Å². The first kappa shape index (κ1) is 19.5. The first-order valence-electron chi connectivity index (χ1n) is 8.74. The van der Waals surface area contributed by atoms with Crippen LogP contribution in [0.5, 0.6) is 0 Å². The van der Waals surface area contributed by atoms with E-state index in [1.807, 2.05) is 6.92 Å². The minimum atomic E-state index is -0.464. The molecule has 0 N–H and O–H groups in total. The molecule has 132 valence electrons. The summed E-state index contributed by atoms with van der Waals surface area (Å²) in [6.07, 6.45) is 3.13. The molecule has 0 aliphatic heterocycles. The van der Waals surface area contributed by atoms with Gasteiger partial charge in [-0.25, -0.2) is 28.1 Å². The van der Waals surface area contributed by atoms with Gasteiger partial charge >= 0.3 is 17.1 Å². The summed E-state index contributed by atoms with van der Waals surface area (Å²) in [5.41, 5.74) is -1.39. The molecule has 0 saturated heterocycles. The lowest BCUT2D eigenvalue weighted by atomic mass is 10.1. The number of hydrogen-bond acceptors (Lipinski definition) is 3. The van der Waals surface area contributed by atoms with Crippen LogP contribution < -0.4 is 17.1 Å². The topological polar surface area (TPSA) is 66.0 Å². The molecule has 6 nitrogen and oxygen atoms in total. The third-order valence-corrected chi connectivity index (χ3v) is 3.98. The minimum absolute atomic E-state index is 0.365. The van der Waals surface area contributed by atoms with E-state index in [0.717, 1.165) is 25.7 Å². The molecule has 0 bridgehead atoms. The molecule has 0 radical (unpaired) electrons. The largest absolute Gasteiger partial charge is 0.336 e. The van der Waals surface area contributed by atoms with E-state index in [9.17, 15) is 14.4 Å². The van der Waals surface area contributed by atoms with Crippen molar-refractivity contribution in [1.82, 2.24) is 13.7 Å². The van der Waals surface area contributed by atoms with E-state index < -0.39 is 17.1 Å². The van der Waals surface area contributed by atoms with Crippen molar-refractivity contribution >= 4 is 0 Å². The Balaban J connectivity index is 3.37. The summed E-state index contributed by atoms with van der Waals surface area (Å²) in [7, 11) is 0. The van der Waals surface area contributed by atoms with Gasteiger partial charge in [-0.15, -0.1) is 0 Å². The molecular formula is C17H31N3O3. The zero-order chi connectivity index (χ0) is 17.6. The van der Waals surface area contributed by atoms with Crippen LogP contribution in [0, 0.1) is 11.8 Å². The summed E-state index contributed by atoms with van der Waals surface area (Å²) in [6.45, 7) is 11.3. The van der Waals surface area contributed by atoms with E-state index in [1.54, 1.807) is 0 Å². The molecule has 0 aliphatic rings. The van der Waals surface area contributed by atoms with Crippen LogP contribution in [0.3, 0.4) is 0 Å². The van der Waals surface area contributed by atoms with Gasteiger partial charge in [0.05, 0.1) is 0 Å². The van der Waals surface area contributed by atoms with Crippen LogP contribution in [0.4, 0.5) is 0 Å². The maximum absolute atomic E-state index is 12.6. The Hall–Kier alpha value is -1.59. The SMILES string of the molecule is CCCCn1c(=O)n(CCC(C)C)c(=O)n(CCC(C)C)c1=O. The van der Waals surface area contributed by atoms with Gasteiger partial charge in [-0.05, 0) is 31.1 Å². The predicted octanol–water partition coefficient (Wildman–Crippen LogP) is 2.06. The average molecular weight is 325 g/mol. The summed E-state index contributed by atoms with van der Waals surface area (Å²) in [4.78, 5) is 37.6. The van der Waals surface area contributed by atoms with E-state index in [2.05, 4.69) is 27.7 Å². The van der Waals surface area contributed by atoms with E-state index in [-0.39, 0.29) is 0 Å². The Morgan fingerprint density at radius 1 is 0.696 bits per heavy atom. The fourth-order valence-electron chi connectivity index (χ4n) is 2.35. The molecule has 1 rings (SSSR count). The third kappa shape index (κ3) is 5.22. The zero-order valence-electron chi connectivity index (χ0n) is 15.2. The maximum atomic E-state index is 12.6. The predicted molar refractivity (Wildman–Crippen MR) is 93.0 cm³/mol. The summed E-state index contributed by atoms with van der Waals surface area (Å²) < 4.78 is 3.69. The third-order valence-electron chi connectivity index (χ3n) is 3.98. The molecular weight excluding hydrogens is 294 g/mol. The van der Waals surface area contributed by atoms with Crippen molar-refractivity contribution in [3.63, 3.8) is 0 Å². The van der Waals surface area contributed by atoms with Crippen LogP contribution in [0.2, 0.25) is 0 Å². The van der Waals surface area contributed by atoms with Gasteiger partial charge in [0.25, 0.3) is 0 Å². The van der Waals surface area contributed by atoms with E-state index in [1.165, 1.54) is 13.7 Å². The fourth-order valence-corrected chi connectivity index (χ4v) is 2.35. The van der Waals surface area contributed by atoms with Gasteiger partial charge in [-0.1, -0.05) is 41.0 Å². The van der Waals surface area contributed by atoms with Gasteiger partial charge in [0, 0.05) is 19.6 Å². The van der Waals surface area contributed by atoms with E-state index in [4.69, 9.17) is 0 Å². The second-order valence-electron chi connectivity index (χ2n) is 7.02. The lowest BCUT2D eigenvalue weighted by Gasteiger charge is -2.15. The second kappa shape index (κ2) is 8.89. The van der Waals surface area contributed by atoms with Crippen LogP contribution >= 0.6 is 0 Å². The Bertz CT molecular complexity index is 615. The molecule has 1 aromatic heterocycles. The number of unbranched alkanes of at least 4 members (excludes halogenated alkanes) is 1. The molecule has 0 aromatic carbocycles. The highest BCUT2D eigenvalue weighted by molar-refractivity contribution is 4.79. The fraction of sp³-hybridized carbons (Fsp3) is 0.824. The van der Waals surface area contributed by atoms with Crippen LogP contribution in [-0.2, 0) is 19.6 Å². The molecule has 0 amide bonds. The summed E-state index contributed by atoms with van der Waals surface area (Å²) >= 11 is 0. The highest BCUT2D eigenvalue weighted by atomic mass is 16.2. The molecule has 0 fully saturated rings. The molecule has 1 heterocycles. The number of rotatable bonds is 9. The van der Waals surface area contributed by atoms with Crippen molar-refractivity contribution in [2.24, 2.45) is 11.8 Å². The number of nitrogens with zero attached hydrogens (tertiary/aromatic N) is 3. The van der Waals surface area contributed by atoms with Crippen molar-refractivity contribution in [2.45, 2.75) is 79.9 Å². The van der Waals surface area contributed by atoms with Crippen molar-refractivity contribution in [3.05, 3.63) is 31.5 Å². The Morgan fingerprint density at radius 2 is 1.04 bits per heavy atom. The first-order chi connectivity index (χ1) is 10.8. The molecule has 0 aliphatic carbocycles. The summed E-state index contributed by atoms with van der Waals surface area (Å²) in [6, 6.07) is 0. The maximum Gasteiger partial charge on any atom is 0.336 e. The van der Waals surface area contributed by atoms with Gasteiger partial charge in [-0.2, -0.15) is 0 Å². The molecule has 0 unspecified atom stereocenters. The van der Waals surface area contributed by atoms with Gasteiger partial charge in [0.2, 0.25) is 0 Å². The molecule has 23 heavy (non-hydrogen) atoms. The lowest BCUT2D eigenvalue weighted by molar-refractivity contribution is 0.395. The van der Waals surface area contributed by atoms with E-state index in [0.29, 0.717) is 31.5 Å². The van der Waals surface area contributed by atoms with Gasteiger partial charge in [0.15, 0.2) is 0 Å². The molecule has 1 aromatic rings. The van der Waals surface area contributed by atoms with Crippen molar-refractivity contribution in [3.8, 4) is 0 Å². The normalized spacial score (nSPS) is 11.6. The minimum Gasteiger partial charge on any atom is -0.247 e. The second-order valence-corrected chi connectivity index (χ2v) is 7.02. The quantitative estimate of drug-likeness (QED) is 0.698. The Morgan fingerprint density at radius 3 is 1.35 bits per heavy atom. The molecule has 6 heteroatoms. The van der Waals surface area contributed by atoms with Gasteiger partial charge in [0.1, 0.15) is 0 Å². The van der Waals surface area contributed by atoms with Crippen LogP contribution in [0.15, 0.2) is 14.4 Å². The molecule has 0 atom stereocenters. The highest BCUT2D eigenvalue weighted by Gasteiger charge is 2.15. The average Bonchev–Trinajstić information content (AvgIpc) is 2.46. The Labute approximate surface area is 137 Å². The monoisotopic (exact) mass is 325 g/mol. The molecule has 0 saturated carbocycles. The van der Waals surface area contributed by atoms with Crippen molar-refractivity contribution in [1.29, 1.82) is 0 Å². The van der Waals surface area contributed by atoms with Crippen LogP contribution in [0.1, 0.15) is 60.3 Å². The van der Waals surface area contributed by atoms with Crippen molar-refractivity contribution in [2.75, 3.05) is 0 Å². The number of aromatic nitrogens is 3. The lowest BCUT2D eigenvalue weighted by Crippen LogP contribution is -2.54. The number of hydrogen-bond donors (Lipinski definition) is 0. The first-order valence-corrected chi connectivity index (χ1v) is 8.74. The standard InChI is InChI=1S/C17H31N3O3/c1-6-7-10-18-15(21)19(11-8-13(2)3)17(23)20(16(18)22)12-9-14(4)5/h13-14H,6-12H2,1-5H3.